The number of H-pyrrole nitrogens is 1. The van der Waals surface area contributed by atoms with Gasteiger partial charge in [0, 0.05) is 37.5 Å². The zero-order valence-electron chi connectivity index (χ0n) is 13.7. The Morgan fingerprint density at radius 1 is 1.35 bits per heavy atom. The van der Waals surface area contributed by atoms with E-state index in [0.717, 1.165) is 11.3 Å². The van der Waals surface area contributed by atoms with Gasteiger partial charge in [-0.05, 0) is 18.2 Å². The summed E-state index contributed by atoms with van der Waals surface area (Å²) in [6, 6.07) is 6.55. The van der Waals surface area contributed by atoms with Crippen molar-refractivity contribution in [2.75, 3.05) is 6.54 Å². The molecule has 3 aromatic heterocycles. The average molecular weight is 353 g/mol. The van der Waals surface area contributed by atoms with Crippen LogP contribution >= 0.6 is 0 Å². The fraction of sp³-hybridized carbons (Fsp3) is 0.235. The van der Waals surface area contributed by atoms with Crippen LogP contribution in [0, 0.1) is 10.1 Å². The largest absolute Gasteiger partial charge is 0.433 e. The number of nitro groups is 1. The molecule has 0 bridgehead atoms. The zero-order chi connectivity index (χ0) is 18.1. The molecule has 4 heterocycles. The van der Waals surface area contributed by atoms with E-state index >= 15 is 0 Å². The number of hydrogen-bond acceptors (Lipinski definition) is 7. The fourth-order valence-electron chi connectivity index (χ4n) is 3.03. The Morgan fingerprint density at radius 2 is 2.23 bits per heavy atom. The first-order chi connectivity index (χ1) is 12.6. The van der Waals surface area contributed by atoms with Crippen LogP contribution in [0.1, 0.15) is 17.0 Å². The lowest BCUT2D eigenvalue weighted by molar-refractivity contribution is -0.402. The summed E-state index contributed by atoms with van der Waals surface area (Å²) in [4.78, 5) is 36.1. The summed E-state index contributed by atoms with van der Waals surface area (Å²) in [5.74, 6) is 0.728. The molecule has 1 N–H and O–H groups in total. The van der Waals surface area contributed by atoms with Crippen molar-refractivity contribution in [3.8, 4) is 11.4 Å². The highest BCUT2D eigenvalue weighted by Crippen LogP contribution is 2.22. The van der Waals surface area contributed by atoms with E-state index in [1.54, 1.807) is 24.5 Å². The number of nitrogens with one attached hydrogen (secondary N) is 1. The number of aromatic amines is 1. The molecule has 3 aromatic rings. The van der Waals surface area contributed by atoms with Gasteiger partial charge in [0.15, 0.2) is 0 Å². The molecule has 1 aliphatic rings. The van der Waals surface area contributed by atoms with E-state index in [4.69, 9.17) is 4.42 Å². The third-order valence-corrected chi connectivity index (χ3v) is 4.29. The fourth-order valence-corrected chi connectivity index (χ4v) is 3.03. The smallest absolute Gasteiger partial charge is 0.404 e. The first-order valence-corrected chi connectivity index (χ1v) is 8.08. The van der Waals surface area contributed by atoms with E-state index < -0.39 is 4.92 Å². The van der Waals surface area contributed by atoms with Crippen LogP contribution in [0.4, 0.5) is 5.88 Å². The van der Waals surface area contributed by atoms with Crippen LogP contribution in [-0.2, 0) is 19.5 Å². The second-order valence-corrected chi connectivity index (χ2v) is 6.04. The second kappa shape index (κ2) is 6.52. The molecule has 0 fully saturated rings. The van der Waals surface area contributed by atoms with Crippen LogP contribution in [0.2, 0.25) is 0 Å². The quantitative estimate of drug-likeness (QED) is 0.562. The van der Waals surface area contributed by atoms with Crippen LogP contribution in [0.3, 0.4) is 0 Å². The molecular formula is C17H15N5O4. The maximum atomic E-state index is 12.5. The Hall–Kier alpha value is -3.33. The van der Waals surface area contributed by atoms with Crippen LogP contribution in [0.15, 0.2) is 45.9 Å². The van der Waals surface area contributed by atoms with Gasteiger partial charge >= 0.3 is 5.88 Å². The van der Waals surface area contributed by atoms with Crippen molar-refractivity contribution in [2.45, 2.75) is 19.5 Å². The third kappa shape index (κ3) is 3.11. The minimum absolute atomic E-state index is 0.177. The molecule has 0 unspecified atom stereocenters. The van der Waals surface area contributed by atoms with Crippen LogP contribution in [0.25, 0.3) is 11.4 Å². The number of pyridine rings is 1. The van der Waals surface area contributed by atoms with E-state index in [0.29, 0.717) is 43.2 Å². The summed E-state index contributed by atoms with van der Waals surface area (Å²) in [5.41, 5.74) is 1.97. The van der Waals surface area contributed by atoms with Crippen molar-refractivity contribution in [2.24, 2.45) is 0 Å². The number of fused-ring (bicyclic) bond motifs is 1. The van der Waals surface area contributed by atoms with Gasteiger partial charge in [0.2, 0.25) is 0 Å². The number of furan rings is 1. The first kappa shape index (κ1) is 16.2. The minimum atomic E-state index is -0.566. The molecule has 9 heteroatoms. The van der Waals surface area contributed by atoms with E-state index in [2.05, 4.69) is 15.0 Å². The van der Waals surface area contributed by atoms with Gasteiger partial charge in [0.05, 0.1) is 23.9 Å². The van der Waals surface area contributed by atoms with Gasteiger partial charge in [-0.15, -0.1) is 0 Å². The van der Waals surface area contributed by atoms with Gasteiger partial charge in [-0.3, -0.25) is 24.8 Å². The third-order valence-electron chi connectivity index (χ3n) is 4.29. The van der Waals surface area contributed by atoms with Crippen molar-refractivity contribution in [1.29, 1.82) is 0 Å². The predicted molar refractivity (Wildman–Crippen MR) is 91.3 cm³/mol. The van der Waals surface area contributed by atoms with E-state index in [9.17, 15) is 14.9 Å². The summed E-state index contributed by atoms with van der Waals surface area (Å²) in [6.45, 7) is 1.50. The molecule has 4 rings (SSSR count). The standard InChI is InChI=1S/C17H15N5O4/c23-17-13-10-21(9-12-3-4-15(26-12)22(24)25)7-5-14(13)19-16(20-17)11-2-1-6-18-8-11/h1-4,6,8H,5,7,9-10H2,(H,19,20,23). The summed E-state index contributed by atoms with van der Waals surface area (Å²) in [6.07, 6.45) is 3.94. The number of aromatic nitrogens is 3. The molecule has 0 atom stereocenters. The van der Waals surface area contributed by atoms with Crippen molar-refractivity contribution < 1.29 is 9.34 Å². The zero-order valence-corrected chi connectivity index (χ0v) is 13.7. The topological polar surface area (TPSA) is 118 Å². The maximum Gasteiger partial charge on any atom is 0.433 e. The van der Waals surface area contributed by atoms with Gasteiger partial charge in [0.1, 0.15) is 16.5 Å². The Bertz CT molecular complexity index is 1010. The Morgan fingerprint density at radius 3 is 2.96 bits per heavy atom. The summed E-state index contributed by atoms with van der Waals surface area (Å²) in [7, 11) is 0. The lowest BCUT2D eigenvalue weighted by Crippen LogP contribution is -2.35. The second-order valence-electron chi connectivity index (χ2n) is 6.04. The molecule has 9 nitrogen and oxygen atoms in total. The van der Waals surface area contributed by atoms with E-state index in [1.165, 1.54) is 6.07 Å². The summed E-state index contributed by atoms with van der Waals surface area (Å²) < 4.78 is 5.19. The predicted octanol–water partition coefficient (Wildman–Crippen LogP) is 1.89. The van der Waals surface area contributed by atoms with Crippen molar-refractivity contribution in [3.05, 3.63) is 74.1 Å². The molecule has 0 radical (unpaired) electrons. The van der Waals surface area contributed by atoms with Crippen molar-refractivity contribution >= 4 is 5.88 Å². The molecule has 0 aliphatic carbocycles. The Balaban J connectivity index is 1.55. The van der Waals surface area contributed by atoms with Crippen molar-refractivity contribution in [3.63, 3.8) is 0 Å². The van der Waals surface area contributed by atoms with Gasteiger partial charge in [-0.25, -0.2) is 4.98 Å². The highest BCUT2D eigenvalue weighted by molar-refractivity contribution is 5.53. The van der Waals surface area contributed by atoms with Gasteiger partial charge in [0.25, 0.3) is 5.56 Å². The molecule has 0 saturated carbocycles. The normalized spacial score (nSPS) is 14.2. The molecule has 0 saturated heterocycles. The molecule has 132 valence electrons. The SMILES string of the molecule is O=c1[nH]c(-c2cccnc2)nc2c1CN(Cc1ccc([N+](=O)[O-])o1)CC2. The van der Waals surface area contributed by atoms with Crippen LogP contribution in [-0.4, -0.2) is 31.3 Å². The van der Waals surface area contributed by atoms with E-state index in [1.807, 2.05) is 11.0 Å². The maximum absolute atomic E-state index is 12.5. The highest BCUT2D eigenvalue weighted by atomic mass is 16.6. The average Bonchev–Trinajstić information content (AvgIpc) is 3.12. The van der Waals surface area contributed by atoms with Crippen LogP contribution < -0.4 is 5.56 Å². The number of rotatable bonds is 4. The Kier molecular flexibility index (Phi) is 4.05. The lowest BCUT2D eigenvalue weighted by Gasteiger charge is -2.26. The van der Waals surface area contributed by atoms with Gasteiger partial charge in [-0.1, -0.05) is 0 Å². The van der Waals surface area contributed by atoms with E-state index in [-0.39, 0.29) is 11.4 Å². The lowest BCUT2D eigenvalue weighted by atomic mass is 10.1. The summed E-state index contributed by atoms with van der Waals surface area (Å²) >= 11 is 0. The Labute approximate surface area is 147 Å². The molecule has 0 aromatic carbocycles. The van der Waals surface area contributed by atoms with Crippen LogP contribution in [0.5, 0.6) is 0 Å². The minimum Gasteiger partial charge on any atom is -0.404 e. The summed E-state index contributed by atoms with van der Waals surface area (Å²) in [5, 5.41) is 10.7. The van der Waals surface area contributed by atoms with Gasteiger partial charge < -0.3 is 9.40 Å². The molecule has 0 spiro atoms. The number of nitrogens with zero attached hydrogens (tertiary/aromatic N) is 4. The molecule has 1 aliphatic heterocycles. The highest BCUT2D eigenvalue weighted by Gasteiger charge is 2.23. The molecule has 26 heavy (non-hydrogen) atoms. The monoisotopic (exact) mass is 353 g/mol. The number of hydrogen-bond donors (Lipinski definition) is 1. The van der Waals surface area contributed by atoms with Gasteiger partial charge in [-0.2, -0.15) is 0 Å². The van der Waals surface area contributed by atoms with Crippen molar-refractivity contribution in [1.82, 2.24) is 19.9 Å². The molecule has 0 amide bonds. The molecular weight excluding hydrogens is 338 g/mol. The first-order valence-electron chi connectivity index (χ1n) is 8.08.